The van der Waals surface area contributed by atoms with Gasteiger partial charge in [-0.2, -0.15) is 0 Å². The van der Waals surface area contributed by atoms with Crippen molar-refractivity contribution in [2.24, 2.45) is 5.73 Å². The largest absolute Gasteiger partial charge is 0.493 e. The van der Waals surface area contributed by atoms with Crippen LogP contribution in [0.25, 0.3) is 0 Å². The van der Waals surface area contributed by atoms with Gasteiger partial charge in [-0.25, -0.2) is 0 Å². The molecule has 2 rings (SSSR count). The number of unbranched alkanes of at least 4 members (excludes halogenated alkanes) is 1. The van der Waals surface area contributed by atoms with Crippen LogP contribution in [0.5, 0.6) is 5.75 Å². The van der Waals surface area contributed by atoms with Crippen LogP contribution in [-0.2, 0) is 9.59 Å². The molecule has 1 atom stereocenters. The standard InChI is InChI=1S/C18H23N3O5/c1-12(7-8-15(23)20-11-22)21-17(24)13-5-4-6-14(16(13)18(21)25)26-10-3-2-9-19/h4-6,11-12H,2-3,7-10,19H2,1H3,(H,20,22,23). The maximum atomic E-state index is 12.8. The lowest BCUT2D eigenvalue weighted by Crippen LogP contribution is -2.38. The molecule has 0 bridgehead atoms. The highest BCUT2D eigenvalue weighted by atomic mass is 16.5. The zero-order valence-electron chi connectivity index (χ0n) is 14.7. The highest BCUT2D eigenvalue weighted by Gasteiger charge is 2.40. The van der Waals surface area contributed by atoms with Gasteiger partial charge in [0.25, 0.3) is 11.8 Å². The van der Waals surface area contributed by atoms with Gasteiger partial charge in [0.1, 0.15) is 5.75 Å². The number of carbonyl (C=O) groups is 4. The molecule has 1 aliphatic heterocycles. The third-order valence-corrected chi connectivity index (χ3v) is 4.21. The third-order valence-electron chi connectivity index (χ3n) is 4.21. The molecule has 0 fully saturated rings. The first-order valence-electron chi connectivity index (χ1n) is 8.58. The number of nitrogens with two attached hydrogens (primary N) is 1. The monoisotopic (exact) mass is 361 g/mol. The summed E-state index contributed by atoms with van der Waals surface area (Å²) in [5.74, 6) is -0.901. The van der Waals surface area contributed by atoms with Gasteiger partial charge in [-0.05, 0) is 44.9 Å². The summed E-state index contributed by atoms with van der Waals surface area (Å²) in [5.41, 5.74) is 6.01. The Hall–Kier alpha value is -2.74. The summed E-state index contributed by atoms with van der Waals surface area (Å²) < 4.78 is 5.67. The van der Waals surface area contributed by atoms with Crippen LogP contribution in [0.3, 0.4) is 0 Å². The summed E-state index contributed by atoms with van der Waals surface area (Å²) in [7, 11) is 0. The second-order valence-corrected chi connectivity index (χ2v) is 6.08. The Balaban J connectivity index is 2.10. The quantitative estimate of drug-likeness (QED) is 0.362. The van der Waals surface area contributed by atoms with Crippen LogP contribution >= 0.6 is 0 Å². The van der Waals surface area contributed by atoms with Crippen LogP contribution in [-0.4, -0.2) is 48.2 Å². The Kier molecular flexibility index (Phi) is 6.85. The predicted octanol–water partition coefficient (Wildman–Crippen LogP) is 0.842. The van der Waals surface area contributed by atoms with Crippen LogP contribution in [0.4, 0.5) is 0 Å². The van der Waals surface area contributed by atoms with Gasteiger partial charge in [-0.1, -0.05) is 6.07 Å². The van der Waals surface area contributed by atoms with Crippen molar-refractivity contribution >= 4 is 24.1 Å². The number of amides is 4. The molecule has 0 saturated heterocycles. The van der Waals surface area contributed by atoms with Crippen LogP contribution < -0.4 is 15.8 Å². The lowest BCUT2D eigenvalue weighted by Gasteiger charge is -2.22. The van der Waals surface area contributed by atoms with Crippen LogP contribution in [0.2, 0.25) is 0 Å². The fourth-order valence-electron chi connectivity index (χ4n) is 2.83. The maximum Gasteiger partial charge on any atom is 0.265 e. The molecule has 1 heterocycles. The summed E-state index contributed by atoms with van der Waals surface area (Å²) in [6.07, 6.45) is 2.18. The van der Waals surface area contributed by atoms with Crippen molar-refractivity contribution in [1.82, 2.24) is 10.2 Å². The number of nitrogens with one attached hydrogen (secondary N) is 1. The molecule has 0 spiro atoms. The number of hydrogen-bond donors (Lipinski definition) is 2. The van der Waals surface area contributed by atoms with Crippen LogP contribution in [0.1, 0.15) is 53.3 Å². The van der Waals surface area contributed by atoms with E-state index >= 15 is 0 Å². The lowest BCUT2D eigenvalue weighted by molar-refractivity contribution is -0.125. The molecule has 0 saturated carbocycles. The topological polar surface area (TPSA) is 119 Å². The van der Waals surface area contributed by atoms with Crippen LogP contribution in [0, 0.1) is 0 Å². The summed E-state index contributed by atoms with van der Waals surface area (Å²) in [5, 5.41) is 2.04. The van der Waals surface area contributed by atoms with Crippen molar-refractivity contribution in [1.29, 1.82) is 0 Å². The Morgan fingerprint density at radius 3 is 2.77 bits per heavy atom. The summed E-state index contributed by atoms with van der Waals surface area (Å²) in [6, 6.07) is 4.45. The van der Waals surface area contributed by atoms with E-state index in [1.165, 1.54) is 0 Å². The molecule has 1 unspecified atom stereocenters. The van der Waals surface area contributed by atoms with Gasteiger partial charge in [0.15, 0.2) is 0 Å². The summed E-state index contributed by atoms with van der Waals surface area (Å²) in [4.78, 5) is 48.2. The number of rotatable bonds is 10. The van der Waals surface area contributed by atoms with Crippen molar-refractivity contribution in [2.75, 3.05) is 13.2 Å². The van der Waals surface area contributed by atoms with Crippen molar-refractivity contribution in [3.8, 4) is 5.75 Å². The normalized spacial score (nSPS) is 14.2. The minimum atomic E-state index is -0.482. The third kappa shape index (κ3) is 4.26. The Morgan fingerprint density at radius 2 is 2.08 bits per heavy atom. The molecule has 0 radical (unpaired) electrons. The number of imide groups is 2. The number of nitrogens with zero attached hydrogens (tertiary/aromatic N) is 1. The predicted molar refractivity (Wildman–Crippen MR) is 93.6 cm³/mol. The van der Waals surface area contributed by atoms with Crippen molar-refractivity contribution in [3.05, 3.63) is 29.3 Å². The summed E-state index contributed by atoms with van der Waals surface area (Å²) >= 11 is 0. The highest BCUT2D eigenvalue weighted by Crippen LogP contribution is 2.33. The molecule has 1 aliphatic rings. The molecule has 3 N–H and O–H groups in total. The van der Waals surface area contributed by atoms with E-state index < -0.39 is 23.8 Å². The van der Waals surface area contributed by atoms with Gasteiger partial charge in [0.2, 0.25) is 12.3 Å². The molecular formula is C18H23N3O5. The smallest absolute Gasteiger partial charge is 0.265 e. The van der Waals surface area contributed by atoms with E-state index in [-0.39, 0.29) is 18.4 Å². The second-order valence-electron chi connectivity index (χ2n) is 6.08. The van der Waals surface area contributed by atoms with Gasteiger partial charge < -0.3 is 10.5 Å². The van der Waals surface area contributed by atoms with Gasteiger partial charge in [0.05, 0.1) is 17.7 Å². The first-order valence-corrected chi connectivity index (χ1v) is 8.58. The first-order chi connectivity index (χ1) is 12.5. The molecular weight excluding hydrogens is 338 g/mol. The van der Waals surface area contributed by atoms with E-state index in [9.17, 15) is 19.2 Å². The van der Waals surface area contributed by atoms with Crippen LogP contribution in [0.15, 0.2) is 18.2 Å². The Bertz CT molecular complexity index is 704. The van der Waals surface area contributed by atoms with E-state index in [1.54, 1.807) is 25.1 Å². The average Bonchev–Trinajstić information content (AvgIpc) is 2.88. The number of hydrogen-bond acceptors (Lipinski definition) is 6. The minimum Gasteiger partial charge on any atom is -0.493 e. The number of fused-ring (bicyclic) bond motifs is 1. The van der Waals surface area contributed by atoms with Gasteiger partial charge >= 0.3 is 0 Å². The summed E-state index contributed by atoms with van der Waals surface area (Å²) in [6.45, 7) is 2.67. The van der Waals surface area contributed by atoms with Gasteiger partial charge in [0, 0.05) is 12.5 Å². The maximum absolute atomic E-state index is 12.8. The number of benzene rings is 1. The van der Waals surface area contributed by atoms with Crippen molar-refractivity contribution in [2.45, 2.75) is 38.6 Å². The van der Waals surface area contributed by atoms with E-state index in [4.69, 9.17) is 10.5 Å². The zero-order chi connectivity index (χ0) is 19.1. The lowest BCUT2D eigenvalue weighted by atomic mass is 10.1. The molecule has 8 heteroatoms. The SMILES string of the molecule is CC(CCC(=O)NC=O)N1C(=O)c2cccc(OCCCCN)c2C1=O. The van der Waals surface area contributed by atoms with E-state index in [0.717, 1.165) is 17.7 Å². The van der Waals surface area contributed by atoms with E-state index in [0.29, 0.717) is 30.9 Å². The molecule has 0 aliphatic carbocycles. The minimum absolute atomic E-state index is 0.0375. The first kappa shape index (κ1) is 19.6. The molecule has 26 heavy (non-hydrogen) atoms. The van der Waals surface area contributed by atoms with Gasteiger partial charge in [-0.3, -0.25) is 29.4 Å². The molecule has 140 valence electrons. The second kappa shape index (κ2) is 9.10. The van der Waals surface area contributed by atoms with Gasteiger partial charge in [-0.15, -0.1) is 0 Å². The fourth-order valence-corrected chi connectivity index (χ4v) is 2.83. The van der Waals surface area contributed by atoms with Crippen molar-refractivity contribution in [3.63, 3.8) is 0 Å². The Labute approximate surface area is 151 Å². The number of ether oxygens (including phenoxy) is 1. The number of carbonyl (C=O) groups excluding carboxylic acids is 4. The van der Waals surface area contributed by atoms with E-state index in [2.05, 4.69) is 0 Å². The molecule has 1 aromatic carbocycles. The molecule has 1 aromatic rings. The highest BCUT2D eigenvalue weighted by molar-refractivity contribution is 6.22. The molecule has 8 nitrogen and oxygen atoms in total. The molecule has 0 aromatic heterocycles. The molecule has 4 amide bonds. The zero-order valence-corrected chi connectivity index (χ0v) is 14.7. The van der Waals surface area contributed by atoms with Crippen molar-refractivity contribution < 1.29 is 23.9 Å². The fraction of sp³-hybridized carbons (Fsp3) is 0.444. The van der Waals surface area contributed by atoms with E-state index in [1.807, 2.05) is 5.32 Å². The Morgan fingerprint density at radius 1 is 1.31 bits per heavy atom. The average molecular weight is 361 g/mol.